The second-order valence-electron chi connectivity index (χ2n) is 5.08. The van der Waals surface area contributed by atoms with E-state index in [0.29, 0.717) is 17.2 Å². The second-order valence-corrected chi connectivity index (χ2v) is 5.08. The first-order valence-corrected chi connectivity index (χ1v) is 6.81. The lowest BCUT2D eigenvalue weighted by Gasteiger charge is -2.27. The van der Waals surface area contributed by atoms with Crippen molar-refractivity contribution in [3.63, 3.8) is 0 Å². The van der Waals surface area contributed by atoms with E-state index in [1.807, 2.05) is 36.2 Å². The lowest BCUT2D eigenvalue weighted by Crippen LogP contribution is -2.37. The van der Waals surface area contributed by atoms with Gasteiger partial charge in [-0.15, -0.1) is 0 Å². The summed E-state index contributed by atoms with van der Waals surface area (Å²) in [4.78, 5) is 14.2. The largest absolute Gasteiger partial charge is 0.496 e. The minimum atomic E-state index is 0.0379. The van der Waals surface area contributed by atoms with Crippen LogP contribution in [0.5, 0.6) is 5.75 Å². The molecule has 0 unspecified atom stereocenters. The third-order valence-corrected chi connectivity index (χ3v) is 3.67. The second kappa shape index (κ2) is 6.57. The highest BCUT2D eigenvalue weighted by Crippen LogP contribution is 2.20. The van der Waals surface area contributed by atoms with Gasteiger partial charge in [-0.05, 0) is 44.0 Å². The normalized spacial score (nSPS) is 16.1. The molecule has 0 bridgehead atoms. The number of para-hydroxylation sites is 1. The molecule has 19 heavy (non-hydrogen) atoms. The highest BCUT2D eigenvalue weighted by molar-refractivity contribution is 5.96. The van der Waals surface area contributed by atoms with Gasteiger partial charge in [0, 0.05) is 13.6 Å². The number of nitrogens with zero attached hydrogens (tertiary/aromatic N) is 1. The number of hydrogen-bond acceptors (Lipinski definition) is 3. The van der Waals surface area contributed by atoms with Crippen molar-refractivity contribution in [1.82, 2.24) is 10.2 Å². The van der Waals surface area contributed by atoms with Crippen molar-refractivity contribution in [2.24, 2.45) is 5.92 Å². The van der Waals surface area contributed by atoms with Gasteiger partial charge in [0.25, 0.3) is 5.91 Å². The van der Waals surface area contributed by atoms with Gasteiger partial charge in [0.1, 0.15) is 5.75 Å². The van der Waals surface area contributed by atoms with Crippen molar-refractivity contribution >= 4 is 5.91 Å². The summed E-state index contributed by atoms with van der Waals surface area (Å²) in [7, 11) is 3.47. The monoisotopic (exact) mass is 262 g/mol. The summed E-state index contributed by atoms with van der Waals surface area (Å²) >= 11 is 0. The number of nitrogens with one attached hydrogen (secondary N) is 1. The van der Waals surface area contributed by atoms with Gasteiger partial charge in [-0.2, -0.15) is 0 Å². The number of ether oxygens (including phenoxy) is 1. The van der Waals surface area contributed by atoms with Crippen molar-refractivity contribution in [2.45, 2.75) is 12.8 Å². The van der Waals surface area contributed by atoms with Crippen LogP contribution in [-0.4, -0.2) is 44.6 Å². The van der Waals surface area contributed by atoms with Gasteiger partial charge in [-0.25, -0.2) is 0 Å². The number of amides is 1. The predicted octanol–water partition coefficient (Wildman–Crippen LogP) is 1.77. The zero-order valence-electron chi connectivity index (χ0n) is 11.7. The molecular formula is C15H22N2O2. The summed E-state index contributed by atoms with van der Waals surface area (Å²) in [5.41, 5.74) is 0.640. The Bertz CT molecular complexity index is 428. The zero-order chi connectivity index (χ0) is 13.7. The van der Waals surface area contributed by atoms with Crippen molar-refractivity contribution in [3.8, 4) is 5.75 Å². The van der Waals surface area contributed by atoms with Crippen LogP contribution in [0.25, 0.3) is 0 Å². The van der Waals surface area contributed by atoms with E-state index in [4.69, 9.17) is 4.74 Å². The average molecular weight is 262 g/mol. The maximum Gasteiger partial charge on any atom is 0.257 e. The molecule has 1 fully saturated rings. The first-order chi connectivity index (χ1) is 9.22. The van der Waals surface area contributed by atoms with Crippen LogP contribution in [0.15, 0.2) is 24.3 Å². The zero-order valence-corrected chi connectivity index (χ0v) is 11.7. The molecule has 4 nitrogen and oxygen atoms in total. The molecule has 0 saturated carbocycles. The Labute approximate surface area is 114 Å². The van der Waals surface area contributed by atoms with Gasteiger partial charge < -0.3 is 15.0 Å². The SMILES string of the molecule is COc1ccccc1C(=O)N(C)CC1CCNCC1. The fraction of sp³-hybridized carbons (Fsp3) is 0.533. The number of hydrogen-bond donors (Lipinski definition) is 1. The predicted molar refractivity (Wildman–Crippen MR) is 75.5 cm³/mol. The molecule has 1 N–H and O–H groups in total. The van der Waals surface area contributed by atoms with Crippen LogP contribution < -0.4 is 10.1 Å². The van der Waals surface area contributed by atoms with Gasteiger partial charge in [0.05, 0.1) is 12.7 Å². The molecule has 0 aliphatic carbocycles. The molecule has 2 rings (SSSR count). The summed E-state index contributed by atoms with van der Waals surface area (Å²) < 4.78 is 5.25. The Morgan fingerprint density at radius 2 is 2.05 bits per heavy atom. The molecular weight excluding hydrogens is 240 g/mol. The molecule has 1 amide bonds. The number of carbonyl (C=O) groups is 1. The summed E-state index contributed by atoms with van der Waals surface area (Å²) in [6, 6.07) is 7.39. The molecule has 1 aromatic rings. The van der Waals surface area contributed by atoms with E-state index < -0.39 is 0 Å². The molecule has 0 aromatic heterocycles. The van der Waals surface area contributed by atoms with Crippen LogP contribution in [0.1, 0.15) is 23.2 Å². The average Bonchev–Trinajstić information content (AvgIpc) is 2.47. The van der Waals surface area contributed by atoms with Crippen LogP contribution in [0, 0.1) is 5.92 Å². The Kier molecular flexibility index (Phi) is 4.80. The maximum absolute atomic E-state index is 12.4. The fourth-order valence-electron chi connectivity index (χ4n) is 2.56. The molecule has 1 aliphatic rings. The van der Waals surface area contributed by atoms with Crippen LogP contribution in [0.4, 0.5) is 0 Å². The minimum absolute atomic E-state index is 0.0379. The minimum Gasteiger partial charge on any atom is -0.496 e. The van der Waals surface area contributed by atoms with Crippen LogP contribution in [0.3, 0.4) is 0 Å². The number of piperidine rings is 1. The quantitative estimate of drug-likeness (QED) is 0.899. The van der Waals surface area contributed by atoms with E-state index in [9.17, 15) is 4.79 Å². The molecule has 0 radical (unpaired) electrons. The molecule has 1 aromatic carbocycles. The summed E-state index contributed by atoms with van der Waals surface area (Å²) in [5.74, 6) is 1.28. The van der Waals surface area contributed by atoms with E-state index in [2.05, 4.69) is 5.32 Å². The van der Waals surface area contributed by atoms with Gasteiger partial charge in [-0.1, -0.05) is 12.1 Å². The molecule has 4 heteroatoms. The third-order valence-electron chi connectivity index (χ3n) is 3.67. The van der Waals surface area contributed by atoms with E-state index >= 15 is 0 Å². The molecule has 0 atom stereocenters. The highest BCUT2D eigenvalue weighted by atomic mass is 16.5. The van der Waals surface area contributed by atoms with E-state index in [1.54, 1.807) is 7.11 Å². The maximum atomic E-state index is 12.4. The first-order valence-electron chi connectivity index (χ1n) is 6.81. The number of rotatable bonds is 4. The van der Waals surface area contributed by atoms with Crippen molar-refractivity contribution in [1.29, 1.82) is 0 Å². The third kappa shape index (κ3) is 3.47. The number of methoxy groups -OCH3 is 1. The first kappa shape index (κ1) is 13.9. The van der Waals surface area contributed by atoms with Gasteiger partial charge in [-0.3, -0.25) is 4.79 Å². The van der Waals surface area contributed by atoms with Crippen LogP contribution >= 0.6 is 0 Å². The van der Waals surface area contributed by atoms with Gasteiger partial charge in [0.15, 0.2) is 0 Å². The molecule has 1 aliphatic heterocycles. The van der Waals surface area contributed by atoms with Gasteiger partial charge >= 0.3 is 0 Å². The lowest BCUT2D eigenvalue weighted by atomic mass is 9.97. The number of carbonyl (C=O) groups excluding carboxylic acids is 1. The summed E-state index contributed by atoms with van der Waals surface area (Å²) in [6.07, 6.45) is 2.28. The molecule has 1 heterocycles. The Morgan fingerprint density at radius 3 is 2.74 bits per heavy atom. The Hall–Kier alpha value is -1.55. The van der Waals surface area contributed by atoms with Crippen molar-refractivity contribution < 1.29 is 9.53 Å². The van der Waals surface area contributed by atoms with Crippen molar-refractivity contribution in [2.75, 3.05) is 33.8 Å². The summed E-state index contributed by atoms with van der Waals surface area (Å²) in [5, 5.41) is 3.34. The van der Waals surface area contributed by atoms with E-state index in [-0.39, 0.29) is 5.91 Å². The van der Waals surface area contributed by atoms with Crippen molar-refractivity contribution in [3.05, 3.63) is 29.8 Å². The standard InChI is InChI=1S/C15H22N2O2/c1-17(11-12-7-9-16-10-8-12)15(18)13-5-3-4-6-14(13)19-2/h3-6,12,16H,7-11H2,1-2H3. The lowest BCUT2D eigenvalue weighted by molar-refractivity contribution is 0.0759. The van der Waals surface area contributed by atoms with E-state index in [1.165, 1.54) is 0 Å². The topological polar surface area (TPSA) is 41.6 Å². The van der Waals surface area contributed by atoms with E-state index in [0.717, 1.165) is 32.5 Å². The highest BCUT2D eigenvalue weighted by Gasteiger charge is 2.20. The molecule has 104 valence electrons. The molecule has 0 spiro atoms. The summed E-state index contributed by atoms with van der Waals surface area (Å²) in [6.45, 7) is 2.93. The molecule has 1 saturated heterocycles. The smallest absolute Gasteiger partial charge is 0.257 e. The Morgan fingerprint density at radius 1 is 1.37 bits per heavy atom. The van der Waals surface area contributed by atoms with Crippen LogP contribution in [-0.2, 0) is 0 Å². The van der Waals surface area contributed by atoms with Gasteiger partial charge in [0.2, 0.25) is 0 Å². The van der Waals surface area contributed by atoms with Crippen LogP contribution in [0.2, 0.25) is 0 Å². The Balaban J connectivity index is 2.01. The fourth-order valence-corrected chi connectivity index (χ4v) is 2.56. The number of benzene rings is 1.